The van der Waals surface area contributed by atoms with E-state index in [0.717, 1.165) is 6.08 Å². The maximum atomic E-state index is 11.5. The molecule has 0 aromatic carbocycles. The number of hydrogen-bond donors (Lipinski definition) is 1. The highest BCUT2D eigenvalue weighted by Gasteiger charge is 1.86. The molecule has 42 valence electrons. The normalized spacial score (nSPS) is 12.1. The third-order valence-corrected chi connectivity index (χ3v) is 0.467. The summed E-state index contributed by atoms with van der Waals surface area (Å²) >= 11 is 0. The van der Waals surface area contributed by atoms with Gasteiger partial charge in [-0.1, -0.05) is 0 Å². The summed E-state index contributed by atoms with van der Waals surface area (Å²) in [5.74, 6) is -0.789. The SMILES string of the molecule is NC/C=C(\F)CF. The Hall–Kier alpha value is -0.440. The van der Waals surface area contributed by atoms with Crippen LogP contribution in [0.15, 0.2) is 11.9 Å². The first kappa shape index (κ1) is 6.56. The second-order valence-corrected chi connectivity index (χ2v) is 1.02. The second kappa shape index (κ2) is 3.74. The average Bonchev–Trinajstić information content (AvgIpc) is 1.68. The number of alkyl halides is 1. The molecule has 0 radical (unpaired) electrons. The standard InChI is InChI=1S/C4H7F2N/c5-3-4(6)1-2-7/h1H,2-3,7H2/b4-1-. The molecule has 0 rings (SSSR count). The van der Waals surface area contributed by atoms with Crippen molar-refractivity contribution >= 4 is 0 Å². The topological polar surface area (TPSA) is 26.0 Å². The molecule has 0 aliphatic heterocycles. The lowest BCUT2D eigenvalue weighted by Crippen LogP contribution is -1.94. The van der Waals surface area contributed by atoms with E-state index in [1.165, 1.54) is 0 Å². The van der Waals surface area contributed by atoms with Gasteiger partial charge in [-0.05, 0) is 6.08 Å². The van der Waals surface area contributed by atoms with Crippen molar-refractivity contribution < 1.29 is 8.78 Å². The molecular weight excluding hydrogens is 100 g/mol. The summed E-state index contributed by atoms with van der Waals surface area (Å²) in [6.07, 6.45) is 1.00. The molecule has 0 unspecified atom stereocenters. The van der Waals surface area contributed by atoms with E-state index in [-0.39, 0.29) is 6.54 Å². The van der Waals surface area contributed by atoms with Gasteiger partial charge < -0.3 is 5.73 Å². The van der Waals surface area contributed by atoms with Gasteiger partial charge in [0.05, 0.1) is 0 Å². The van der Waals surface area contributed by atoms with Crippen LogP contribution in [0.4, 0.5) is 8.78 Å². The fourth-order valence-corrected chi connectivity index (χ4v) is 0.182. The molecule has 0 fully saturated rings. The van der Waals surface area contributed by atoms with E-state index in [2.05, 4.69) is 0 Å². The van der Waals surface area contributed by atoms with Crippen molar-refractivity contribution in [1.82, 2.24) is 0 Å². The summed E-state index contributed by atoms with van der Waals surface area (Å²) in [4.78, 5) is 0. The van der Waals surface area contributed by atoms with Crippen molar-refractivity contribution in [2.75, 3.05) is 13.2 Å². The maximum Gasteiger partial charge on any atom is 0.141 e. The minimum atomic E-state index is -1.04. The molecule has 1 nitrogen and oxygen atoms in total. The van der Waals surface area contributed by atoms with E-state index in [1.807, 2.05) is 0 Å². The van der Waals surface area contributed by atoms with Crippen LogP contribution in [0.2, 0.25) is 0 Å². The molecule has 0 aliphatic carbocycles. The monoisotopic (exact) mass is 107 g/mol. The Kier molecular flexibility index (Phi) is 3.50. The highest BCUT2D eigenvalue weighted by molar-refractivity contribution is 4.91. The van der Waals surface area contributed by atoms with E-state index in [0.29, 0.717) is 0 Å². The predicted molar refractivity (Wildman–Crippen MR) is 24.2 cm³/mol. The first-order chi connectivity index (χ1) is 3.31. The maximum absolute atomic E-state index is 11.5. The zero-order chi connectivity index (χ0) is 5.70. The van der Waals surface area contributed by atoms with Crippen molar-refractivity contribution in [2.45, 2.75) is 0 Å². The quantitative estimate of drug-likeness (QED) is 0.554. The van der Waals surface area contributed by atoms with Crippen LogP contribution in [0, 0.1) is 0 Å². The average molecular weight is 107 g/mol. The molecule has 7 heavy (non-hydrogen) atoms. The Morgan fingerprint density at radius 1 is 1.71 bits per heavy atom. The smallest absolute Gasteiger partial charge is 0.141 e. The molecule has 0 aromatic rings. The molecule has 0 aromatic heterocycles. The van der Waals surface area contributed by atoms with Crippen LogP contribution >= 0.6 is 0 Å². The molecule has 0 saturated heterocycles. The second-order valence-electron chi connectivity index (χ2n) is 1.02. The Morgan fingerprint density at radius 2 is 2.29 bits per heavy atom. The molecule has 2 N–H and O–H groups in total. The zero-order valence-electron chi connectivity index (χ0n) is 3.82. The van der Waals surface area contributed by atoms with Gasteiger partial charge in [0.25, 0.3) is 0 Å². The molecule has 0 spiro atoms. The first-order valence-corrected chi connectivity index (χ1v) is 1.91. The number of hydrogen-bond acceptors (Lipinski definition) is 1. The molecule has 0 saturated carbocycles. The lowest BCUT2D eigenvalue weighted by atomic mass is 10.5. The van der Waals surface area contributed by atoms with Gasteiger partial charge >= 0.3 is 0 Å². The van der Waals surface area contributed by atoms with Gasteiger partial charge in [-0.3, -0.25) is 0 Å². The highest BCUT2D eigenvalue weighted by atomic mass is 19.2. The van der Waals surface area contributed by atoms with Gasteiger partial charge in [-0.2, -0.15) is 0 Å². The van der Waals surface area contributed by atoms with Crippen LogP contribution in [0.5, 0.6) is 0 Å². The van der Waals surface area contributed by atoms with E-state index in [1.54, 1.807) is 0 Å². The summed E-state index contributed by atoms with van der Waals surface area (Å²) < 4.78 is 22.6. The fraction of sp³-hybridized carbons (Fsp3) is 0.500. The molecule has 0 bridgehead atoms. The van der Waals surface area contributed by atoms with Crippen LogP contribution in [0.3, 0.4) is 0 Å². The molecular formula is C4H7F2N. The lowest BCUT2D eigenvalue weighted by Gasteiger charge is -1.81. The Balaban J connectivity index is 3.29. The molecule has 0 heterocycles. The number of allylic oxidation sites excluding steroid dienone is 1. The third-order valence-electron chi connectivity index (χ3n) is 0.467. The molecule has 0 amide bonds. The number of halogens is 2. The van der Waals surface area contributed by atoms with Crippen molar-refractivity contribution in [2.24, 2.45) is 5.73 Å². The Morgan fingerprint density at radius 3 is 2.43 bits per heavy atom. The highest BCUT2D eigenvalue weighted by Crippen LogP contribution is 1.92. The lowest BCUT2D eigenvalue weighted by molar-refractivity contribution is 0.458. The van der Waals surface area contributed by atoms with E-state index in [4.69, 9.17) is 5.73 Å². The third kappa shape index (κ3) is 3.39. The summed E-state index contributed by atoms with van der Waals surface area (Å²) in [6.45, 7) is -0.979. The summed E-state index contributed by atoms with van der Waals surface area (Å²) in [6, 6.07) is 0. The van der Waals surface area contributed by atoms with E-state index in [9.17, 15) is 8.78 Å². The minimum absolute atomic E-state index is 0.0652. The predicted octanol–water partition coefficient (Wildman–Crippen LogP) is 0.768. The van der Waals surface area contributed by atoms with Gasteiger partial charge in [0.2, 0.25) is 0 Å². The number of nitrogens with two attached hydrogens (primary N) is 1. The van der Waals surface area contributed by atoms with Gasteiger partial charge in [-0.25, -0.2) is 8.78 Å². The Labute approximate surface area is 40.8 Å². The largest absolute Gasteiger partial charge is 0.327 e. The van der Waals surface area contributed by atoms with Crippen LogP contribution < -0.4 is 5.73 Å². The van der Waals surface area contributed by atoms with E-state index >= 15 is 0 Å². The minimum Gasteiger partial charge on any atom is -0.327 e. The number of rotatable bonds is 2. The fourth-order valence-electron chi connectivity index (χ4n) is 0.182. The summed E-state index contributed by atoms with van der Waals surface area (Å²) in [5.41, 5.74) is 4.82. The van der Waals surface area contributed by atoms with Crippen molar-refractivity contribution in [3.63, 3.8) is 0 Å². The van der Waals surface area contributed by atoms with Gasteiger partial charge in [0.1, 0.15) is 12.5 Å². The van der Waals surface area contributed by atoms with Crippen LogP contribution in [-0.2, 0) is 0 Å². The summed E-state index contributed by atoms with van der Waals surface area (Å²) in [5, 5.41) is 0. The summed E-state index contributed by atoms with van der Waals surface area (Å²) in [7, 11) is 0. The van der Waals surface area contributed by atoms with Gasteiger partial charge in [0.15, 0.2) is 0 Å². The molecule has 3 heteroatoms. The van der Waals surface area contributed by atoms with Gasteiger partial charge in [-0.15, -0.1) is 0 Å². The van der Waals surface area contributed by atoms with Crippen LogP contribution in [-0.4, -0.2) is 13.2 Å². The van der Waals surface area contributed by atoms with Gasteiger partial charge in [0, 0.05) is 6.54 Å². The van der Waals surface area contributed by atoms with Crippen LogP contribution in [0.1, 0.15) is 0 Å². The molecule has 0 atom stereocenters. The zero-order valence-corrected chi connectivity index (χ0v) is 3.82. The first-order valence-electron chi connectivity index (χ1n) is 1.91. The molecule has 0 aliphatic rings. The van der Waals surface area contributed by atoms with Crippen molar-refractivity contribution in [3.8, 4) is 0 Å². The Bertz CT molecular complexity index is 70.1. The van der Waals surface area contributed by atoms with Crippen molar-refractivity contribution in [3.05, 3.63) is 11.9 Å². The van der Waals surface area contributed by atoms with Crippen molar-refractivity contribution in [1.29, 1.82) is 0 Å². The van der Waals surface area contributed by atoms with Crippen LogP contribution in [0.25, 0.3) is 0 Å². The van der Waals surface area contributed by atoms with E-state index < -0.39 is 12.5 Å².